The van der Waals surface area contributed by atoms with E-state index in [4.69, 9.17) is 10.6 Å². The minimum Gasteiger partial charge on any atom is -0.265 e. The van der Waals surface area contributed by atoms with E-state index in [-0.39, 0.29) is 17.4 Å². The second-order valence-electron chi connectivity index (χ2n) is 5.11. The van der Waals surface area contributed by atoms with Crippen molar-refractivity contribution in [3.8, 4) is 12.3 Å². The van der Waals surface area contributed by atoms with E-state index in [2.05, 4.69) is 5.92 Å². The number of benzene rings is 2. The molecule has 0 bridgehead atoms. The maximum absolute atomic E-state index is 12.1. The molecule has 0 aliphatic carbocycles. The smallest absolute Gasteiger partial charge is 0.265 e. The Bertz CT molecular complexity index is 741. The topological polar surface area (TPSA) is 43.4 Å². The molecule has 1 atom stereocenters. The summed E-state index contributed by atoms with van der Waals surface area (Å²) in [5, 5.41) is 0. The zero-order valence-electron chi connectivity index (χ0n) is 12.4. The maximum Gasteiger partial charge on any atom is 0.297 e. The summed E-state index contributed by atoms with van der Waals surface area (Å²) in [5.74, 6) is 2.31. The van der Waals surface area contributed by atoms with Gasteiger partial charge in [-0.1, -0.05) is 48.0 Å². The number of terminal acetylenes is 1. The average molecular weight is 314 g/mol. The lowest BCUT2D eigenvalue weighted by atomic mass is 10.0. The Morgan fingerprint density at radius 3 is 2.32 bits per heavy atom. The number of rotatable bonds is 6. The van der Waals surface area contributed by atoms with E-state index in [0.717, 1.165) is 11.1 Å². The van der Waals surface area contributed by atoms with Crippen LogP contribution in [0.1, 0.15) is 11.1 Å². The monoisotopic (exact) mass is 314 g/mol. The highest BCUT2D eigenvalue weighted by Crippen LogP contribution is 2.16. The van der Waals surface area contributed by atoms with Gasteiger partial charge in [0.25, 0.3) is 10.1 Å². The summed E-state index contributed by atoms with van der Waals surface area (Å²) in [4.78, 5) is 0.147. The summed E-state index contributed by atoms with van der Waals surface area (Å²) >= 11 is 0. The quantitative estimate of drug-likeness (QED) is 0.607. The molecule has 2 aromatic rings. The van der Waals surface area contributed by atoms with Gasteiger partial charge < -0.3 is 0 Å². The van der Waals surface area contributed by atoms with Gasteiger partial charge >= 0.3 is 0 Å². The van der Waals surface area contributed by atoms with E-state index < -0.39 is 10.1 Å². The molecule has 0 amide bonds. The SMILES string of the molecule is C#C[C@H](COS(=O)(=O)c1ccc(C)cc1)Cc1ccccc1. The van der Waals surface area contributed by atoms with Gasteiger partial charge in [-0.3, -0.25) is 4.18 Å². The van der Waals surface area contributed by atoms with Crippen molar-refractivity contribution < 1.29 is 12.6 Å². The van der Waals surface area contributed by atoms with Crippen molar-refractivity contribution in [2.45, 2.75) is 18.2 Å². The minimum atomic E-state index is -3.77. The van der Waals surface area contributed by atoms with Crippen molar-refractivity contribution in [1.82, 2.24) is 0 Å². The Morgan fingerprint density at radius 2 is 1.73 bits per heavy atom. The summed E-state index contributed by atoms with van der Waals surface area (Å²) in [5.41, 5.74) is 2.05. The third-order valence-corrected chi connectivity index (χ3v) is 4.59. The van der Waals surface area contributed by atoms with Gasteiger partial charge in [0, 0.05) is 5.92 Å². The van der Waals surface area contributed by atoms with Crippen LogP contribution in [-0.4, -0.2) is 15.0 Å². The van der Waals surface area contributed by atoms with Crippen molar-refractivity contribution in [3.63, 3.8) is 0 Å². The average Bonchev–Trinajstić information content (AvgIpc) is 2.53. The predicted octanol–water partition coefficient (Wildman–Crippen LogP) is 3.19. The van der Waals surface area contributed by atoms with Crippen LogP contribution in [0.3, 0.4) is 0 Å². The first-order valence-electron chi connectivity index (χ1n) is 6.97. The van der Waals surface area contributed by atoms with Crippen molar-refractivity contribution in [2.75, 3.05) is 6.61 Å². The highest BCUT2D eigenvalue weighted by molar-refractivity contribution is 7.86. The molecule has 2 rings (SSSR count). The summed E-state index contributed by atoms with van der Waals surface area (Å²) in [6.45, 7) is 1.87. The lowest BCUT2D eigenvalue weighted by molar-refractivity contribution is 0.283. The molecule has 0 saturated carbocycles. The molecule has 0 unspecified atom stereocenters. The predicted molar refractivity (Wildman–Crippen MR) is 86.8 cm³/mol. The minimum absolute atomic E-state index is 0.0262. The number of hydrogen-bond acceptors (Lipinski definition) is 3. The fraction of sp³-hybridized carbons (Fsp3) is 0.222. The third kappa shape index (κ3) is 4.45. The normalized spacial score (nSPS) is 12.5. The zero-order valence-corrected chi connectivity index (χ0v) is 13.2. The van der Waals surface area contributed by atoms with E-state index in [0.29, 0.717) is 6.42 Å². The molecular weight excluding hydrogens is 296 g/mol. The van der Waals surface area contributed by atoms with Gasteiger partial charge in [0.05, 0.1) is 11.5 Å². The highest BCUT2D eigenvalue weighted by Gasteiger charge is 2.17. The van der Waals surface area contributed by atoms with Crippen LogP contribution in [0.4, 0.5) is 0 Å². The molecule has 0 saturated heterocycles. The van der Waals surface area contributed by atoms with E-state index in [1.165, 1.54) is 12.1 Å². The fourth-order valence-electron chi connectivity index (χ4n) is 2.01. The Hall–Kier alpha value is -2.09. The highest BCUT2D eigenvalue weighted by atomic mass is 32.2. The van der Waals surface area contributed by atoms with Crippen LogP contribution in [0.15, 0.2) is 59.5 Å². The summed E-state index contributed by atoms with van der Waals surface area (Å²) in [7, 11) is -3.77. The Balaban J connectivity index is 2.01. The number of hydrogen-bond donors (Lipinski definition) is 0. The molecule has 0 radical (unpaired) electrons. The third-order valence-electron chi connectivity index (χ3n) is 3.29. The molecule has 0 heterocycles. The molecule has 4 heteroatoms. The Labute approximate surface area is 132 Å². The van der Waals surface area contributed by atoms with Gasteiger partial charge in [0.2, 0.25) is 0 Å². The van der Waals surface area contributed by atoms with Crippen LogP contribution in [0.25, 0.3) is 0 Å². The first-order valence-corrected chi connectivity index (χ1v) is 8.38. The van der Waals surface area contributed by atoms with Gasteiger partial charge in [-0.2, -0.15) is 8.42 Å². The van der Waals surface area contributed by atoms with Crippen molar-refractivity contribution >= 4 is 10.1 Å². The van der Waals surface area contributed by atoms with Gasteiger partial charge in [0.15, 0.2) is 0 Å². The molecule has 0 aliphatic heterocycles. The van der Waals surface area contributed by atoms with Gasteiger partial charge in [-0.15, -0.1) is 12.3 Å². The summed E-state index contributed by atoms with van der Waals surface area (Å²) < 4.78 is 29.4. The molecule has 22 heavy (non-hydrogen) atoms. The summed E-state index contributed by atoms with van der Waals surface area (Å²) in [6, 6.07) is 16.2. The lowest BCUT2D eigenvalue weighted by Gasteiger charge is -2.12. The maximum atomic E-state index is 12.1. The van der Waals surface area contributed by atoms with Gasteiger partial charge in [-0.25, -0.2) is 0 Å². The second-order valence-corrected chi connectivity index (χ2v) is 6.72. The Kier molecular flexibility index (Phi) is 5.37. The Morgan fingerprint density at radius 1 is 1.09 bits per heavy atom. The number of aryl methyl sites for hydroxylation is 1. The second kappa shape index (κ2) is 7.26. The van der Waals surface area contributed by atoms with Crippen LogP contribution >= 0.6 is 0 Å². The largest absolute Gasteiger partial charge is 0.297 e. The molecule has 0 fully saturated rings. The standard InChI is InChI=1S/C18H18O3S/c1-3-16(13-17-7-5-4-6-8-17)14-21-22(19,20)18-11-9-15(2)10-12-18/h1,4-12,16H,13-14H2,2H3/t16-/m0/s1. The molecule has 114 valence electrons. The molecule has 0 aliphatic rings. The molecule has 2 aromatic carbocycles. The van der Waals surface area contributed by atoms with E-state index >= 15 is 0 Å². The first kappa shape index (κ1) is 16.3. The van der Waals surface area contributed by atoms with Gasteiger partial charge in [-0.05, 0) is 31.0 Å². The molecular formula is C18H18O3S. The van der Waals surface area contributed by atoms with Crippen molar-refractivity contribution in [1.29, 1.82) is 0 Å². The van der Waals surface area contributed by atoms with Crippen LogP contribution in [0, 0.1) is 25.2 Å². The summed E-state index contributed by atoms with van der Waals surface area (Å²) in [6.07, 6.45) is 6.07. The molecule has 0 N–H and O–H groups in total. The van der Waals surface area contributed by atoms with Crippen molar-refractivity contribution in [2.24, 2.45) is 5.92 Å². The van der Waals surface area contributed by atoms with Crippen LogP contribution in [0.2, 0.25) is 0 Å². The van der Waals surface area contributed by atoms with Crippen LogP contribution in [-0.2, 0) is 20.7 Å². The fourth-order valence-corrected chi connectivity index (χ4v) is 2.96. The zero-order chi connectivity index (χ0) is 16.0. The molecule has 3 nitrogen and oxygen atoms in total. The lowest BCUT2D eigenvalue weighted by Crippen LogP contribution is -2.15. The van der Waals surface area contributed by atoms with Crippen molar-refractivity contribution in [3.05, 3.63) is 65.7 Å². The molecule has 0 aromatic heterocycles. The van der Waals surface area contributed by atoms with E-state index in [1.54, 1.807) is 12.1 Å². The molecule has 0 spiro atoms. The van der Waals surface area contributed by atoms with Crippen LogP contribution in [0.5, 0.6) is 0 Å². The first-order chi connectivity index (χ1) is 10.5. The van der Waals surface area contributed by atoms with Gasteiger partial charge in [0.1, 0.15) is 0 Å². The van der Waals surface area contributed by atoms with E-state index in [1.807, 2.05) is 37.3 Å². The van der Waals surface area contributed by atoms with E-state index in [9.17, 15) is 8.42 Å². The van der Waals surface area contributed by atoms with Crippen LogP contribution < -0.4 is 0 Å².